The van der Waals surface area contributed by atoms with E-state index in [1.54, 1.807) is 19.2 Å². The number of nitrogens with one attached hydrogen (secondary N) is 1. The zero-order valence-electron chi connectivity index (χ0n) is 15.4. The topological polar surface area (TPSA) is 56.1 Å². The van der Waals surface area contributed by atoms with Gasteiger partial charge in [-0.05, 0) is 80.9 Å². The number of hydrogen-bond donors (Lipinski definition) is 1. The number of aryl methyl sites for hydroxylation is 1. The fraction of sp³-hybridized carbons (Fsp3) is 0.524. The van der Waals surface area contributed by atoms with Crippen LogP contribution in [0, 0.1) is 11.8 Å². The molecule has 1 aliphatic heterocycles. The number of aromatic nitrogens is 2. The summed E-state index contributed by atoms with van der Waals surface area (Å²) < 4.78 is 7.85. The van der Waals surface area contributed by atoms with Gasteiger partial charge in [-0.15, -0.1) is 0 Å². The van der Waals surface area contributed by atoms with Gasteiger partial charge in [0.25, 0.3) is 5.56 Å². The third-order valence-corrected chi connectivity index (χ3v) is 5.85. The Morgan fingerprint density at radius 3 is 2.35 bits per heavy atom. The van der Waals surface area contributed by atoms with Crippen LogP contribution in [0.15, 0.2) is 41.2 Å². The number of rotatable bonds is 5. The zero-order chi connectivity index (χ0) is 17.9. The van der Waals surface area contributed by atoms with Gasteiger partial charge in [0.15, 0.2) is 0 Å². The number of ether oxygens (including phenoxy) is 1. The summed E-state index contributed by atoms with van der Waals surface area (Å²) in [4.78, 5) is 11.5. The van der Waals surface area contributed by atoms with Crippen molar-refractivity contribution in [1.82, 2.24) is 15.1 Å². The summed E-state index contributed by atoms with van der Waals surface area (Å²) in [6.45, 7) is 2.21. The second kappa shape index (κ2) is 7.62. The molecule has 0 spiro atoms. The molecule has 2 heterocycles. The number of nitrogens with zero attached hydrogens (tertiary/aromatic N) is 2. The molecule has 0 bridgehead atoms. The van der Waals surface area contributed by atoms with Gasteiger partial charge in [0.2, 0.25) is 0 Å². The molecule has 26 heavy (non-hydrogen) atoms. The molecule has 0 amide bonds. The molecule has 1 saturated heterocycles. The first kappa shape index (κ1) is 17.3. The minimum absolute atomic E-state index is 0.0981. The third-order valence-electron chi connectivity index (χ3n) is 5.85. The van der Waals surface area contributed by atoms with Crippen molar-refractivity contribution in [2.45, 2.75) is 38.2 Å². The van der Waals surface area contributed by atoms with Crippen molar-refractivity contribution in [2.75, 3.05) is 13.1 Å². The number of benzene rings is 1. The Morgan fingerprint density at radius 2 is 1.73 bits per heavy atom. The highest BCUT2D eigenvalue weighted by Crippen LogP contribution is 2.38. The largest absolute Gasteiger partial charge is 0.490 e. The molecule has 1 N–H and O–H groups in total. The maximum Gasteiger partial charge on any atom is 0.266 e. The molecule has 1 aromatic carbocycles. The van der Waals surface area contributed by atoms with Crippen LogP contribution < -0.4 is 15.6 Å². The predicted molar refractivity (Wildman–Crippen MR) is 102 cm³/mol. The Morgan fingerprint density at radius 1 is 1.04 bits per heavy atom. The van der Waals surface area contributed by atoms with E-state index in [0.717, 1.165) is 30.1 Å². The molecular weight excluding hydrogens is 326 g/mol. The van der Waals surface area contributed by atoms with Gasteiger partial charge < -0.3 is 10.1 Å². The lowest BCUT2D eigenvalue weighted by Gasteiger charge is -2.40. The lowest BCUT2D eigenvalue weighted by molar-refractivity contribution is 0.0240. The molecule has 2 fully saturated rings. The van der Waals surface area contributed by atoms with E-state index in [9.17, 15) is 4.79 Å². The lowest BCUT2D eigenvalue weighted by atomic mass is 9.74. The predicted octanol–water partition coefficient (Wildman–Crippen LogP) is 2.99. The maximum absolute atomic E-state index is 11.5. The van der Waals surface area contributed by atoms with Crippen LogP contribution >= 0.6 is 0 Å². The molecule has 5 nitrogen and oxygen atoms in total. The van der Waals surface area contributed by atoms with Crippen LogP contribution in [0.25, 0.3) is 11.3 Å². The second-order valence-corrected chi connectivity index (χ2v) is 7.57. The minimum Gasteiger partial charge on any atom is -0.490 e. The molecule has 138 valence electrons. The van der Waals surface area contributed by atoms with Crippen LogP contribution in [0.3, 0.4) is 0 Å². The molecule has 2 aromatic rings. The van der Waals surface area contributed by atoms with Gasteiger partial charge in [0.05, 0.1) is 5.69 Å². The minimum atomic E-state index is -0.0981. The molecule has 0 radical (unpaired) electrons. The molecule has 1 atom stereocenters. The van der Waals surface area contributed by atoms with E-state index in [2.05, 4.69) is 10.4 Å². The number of piperidine rings is 1. The van der Waals surface area contributed by atoms with Crippen molar-refractivity contribution >= 4 is 0 Å². The summed E-state index contributed by atoms with van der Waals surface area (Å²) in [5.41, 5.74) is 1.70. The second-order valence-electron chi connectivity index (χ2n) is 7.57. The molecule has 1 saturated carbocycles. The van der Waals surface area contributed by atoms with Crippen molar-refractivity contribution in [2.24, 2.45) is 18.9 Å². The normalized spacial score (nSPS) is 19.7. The molecular formula is C21H27N3O2. The standard InChI is InChI=1S/C21H27N3O2/c1-24-20(25)10-9-19(23-24)15-5-7-18(8-6-15)26-21(16-3-2-4-16)17-11-13-22-14-12-17/h5-10,16-17,21-22H,2-4,11-14H2,1H3. The number of hydrogen-bond acceptors (Lipinski definition) is 4. The van der Waals surface area contributed by atoms with Gasteiger partial charge in [-0.3, -0.25) is 4.79 Å². The van der Waals surface area contributed by atoms with Gasteiger partial charge in [0, 0.05) is 18.7 Å². The van der Waals surface area contributed by atoms with Crippen molar-refractivity contribution in [1.29, 1.82) is 0 Å². The molecule has 2 aliphatic rings. The molecule has 5 heteroatoms. The zero-order valence-corrected chi connectivity index (χ0v) is 15.4. The van der Waals surface area contributed by atoms with E-state index in [0.29, 0.717) is 17.9 Å². The Balaban J connectivity index is 1.49. The highest BCUT2D eigenvalue weighted by molar-refractivity contribution is 5.59. The van der Waals surface area contributed by atoms with Crippen LogP contribution in [-0.2, 0) is 7.05 Å². The molecule has 1 aromatic heterocycles. The highest BCUT2D eigenvalue weighted by Gasteiger charge is 2.35. The molecule has 1 aliphatic carbocycles. The fourth-order valence-electron chi connectivity index (χ4n) is 4.04. The summed E-state index contributed by atoms with van der Waals surface area (Å²) in [5, 5.41) is 7.77. The summed E-state index contributed by atoms with van der Waals surface area (Å²) in [5.74, 6) is 2.31. The highest BCUT2D eigenvalue weighted by atomic mass is 16.5. The van der Waals surface area contributed by atoms with Gasteiger partial charge in [-0.1, -0.05) is 6.42 Å². The quantitative estimate of drug-likeness (QED) is 0.898. The van der Waals surface area contributed by atoms with E-state index >= 15 is 0 Å². The summed E-state index contributed by atoms with van der Waals surface area (Å²) in [7, 11) is 1.67. The Bertz CT molecular complexity index is 790. The Hall–Kier alpha value is -2.14. The van der Waals surface area contributed by atoms with Crippen molar-refractivity contribution in [3.63, 3.8) is 0 Å². The van der Waals surface area contributed by atoms with Crippen LogP contribution in [0.4, 0.5) is 0 Å². The van der Waals surface area contributed by atoms with Crippen LogP contribution in [0.2, 0.25) is 0 Å². The fourth-order valence-corrected chi connectivity index (χ4v) is 4.04. The first-order chi connectivity index (χ1) is 12.7. The monoisotopic (exact) mass is 353 g/mol. The van der Waals surface area contributed by atoms with E-state index in [1.165, 1.54) is 36.8 Å². The SMILES string of the molecule is Cn1nc(-c2ccc(OC(C3CCC3)C3CCNCC3)cc2)ccc1=O. The Labute approximate surface area is 154 Å². The van der Waals surface area contributed by atoms with Crippen LogP contribution in [0.1, 0.15) is 32.1 Å². The van der Waals surface area contributed by atoms with E-state index < -0.39 is 0 Å². The lowest BCUT2D eigenvalue weighted by Crippen LogP contribution is -2.43. The summed E-state index contributed by atoms with van der Waals surface area (Å²) in [6, 6.07) is 11.5. The van der Waals surface area contributed by atoms with Crippen LogP contribution in [-0.4, -0.2) is 29.0 Å². The first-order valence-corrected chi connectivity index (χ1v) is 9.73. The van der Waals surface area contributed by atoms with Crippen molar-refractivity contribution in [3.05, 3.63) is 46.8 Å². The van der Waals surface area contributed by atoms with Gasteiger partial charge in [-0.2, -0.15) is 5.10 Å². The molecule has 4 rings (SSSR count). The molecule has 1 unspecified atom stereocenters. The van der Waals surface area contributed by atoms with Crippen LogP contribution in [0.5, 0.6) is 5.75 Å². The van der Waals surface area contributed by atoms with Crippen molar-refractivity contribution < 1.29 is 4.74 Å². The smallest absolute Gasteiger partial charge is 0.266 e. The van der Waals surface area contributed by atoms with Gasteiger partial charge >= 0.3 is 0 Å². The van der Waals surface area contributed by atoms with E-state index in [4.69, 9.17) is 4.74 Å². The van der Waals surface area contributed by atoms with Gasteiger partial charge in [0.1, 0.15) is 11.9 Å². The Kier molecular flexibility index (Phi) is 5.07. The van der Waals surface area contributed by atoms with E-state index in [-0.39, 0.29) is 5.56 Å². The summed E-state index contributed by atoms with van der Waals surface area (Å²) >= 11 is 0. The van der Waals surface area contributed by atoms with E-state index in [1.807, 2.05) is 24.3 Å². The maximum atomic E-state index is 11.5. The van der Waals surface area contributed by atoms with Crippen molar-refractivity contribution in [3.8, 4) is 17.0 Å². The third kappa shape index (κ3) is 3.68. The first-order valence-electron chi connectivity index (χ1n) is 9.73. The average molecular weight is 353 g/mol. The van der Waals surface area contributed by atoms with Gasteiger partial charge in [-0.25, -0.2) is 4.68 Å². The summed E-state index contributed by atoms with van der Waals surface area (Å²) in [6.07, 6.45) is 6.70. The average Bonchev–Trinajstić information content (AvgIpc) is 2.63.